The lowest BCUT2D eigenvalue weighted by Gasteiger charge is -2.33. The standard InChI is InChI=1S/C23H23F4N5S/c1-15-6-7-16(24)14-17(15)22-18(23(25,26)27)8-9-19(28-22)30-33-21-5-3-4-20(29-21)32-12-10-31(2)11-13-32/h3-9,14H,10-13H2,1-2H3,(H,28,30). The van der Waals surface area contributed by atoms with E-state index in [1.54, 1.807) is 6.92 Å². The fourth-order valence-corrected chi connectivity index (χ4v) is 4.19. The molecule has 0 saturated carbocycles. The summed E-state index contributed by atoms with van der Waals surface area (Å²) in [6, 6.07) is 11.6. The van der Waals surface area contributed by atoms with E-state index < -0.39 is 17.6 Å². The Balaban J connectivity index is 1.57. The van der Waals surface area contributed by atoms with Crippen molar-refractivity contribution in [1.82, 2.24) is 14.9 Å². The summed E-state index contributed by atoms with van der Waals surface area (Å²) in [7, 11) is 2.08. The molecule has 1 fully saturated rings. The topological polar surface area (TPSA) is 44.3 Å². The van der Waals surface area contributed by atoms with Crippen LogP contribution in [0.3, 0.4) is 0 Å². The third-order valence-electron chi connectivity index (χ3n) is 5.45. The maximum Gasteiger partial charge on any atom is 0.418 e. The van der Waals surface area contributed by atoms with Crippen molar-refractivity contribution in [1.29, 1.82) is 0 Å². The largest absolute Gasteiger partial charge is 0.418 e. The number of nitrogens with zero attached hydrogens (tertiary/aromatic N) is 4. The minimum absolute atomic E-state index is 0.103. The number of alkyl halides is 3. The number of pyridine rings is 2. The van der Waals surface area contributed by atoms with Crippen LogP contribution in [-0.2, 0) is 6.18 Å². The SMILES string of the molecule is Cc1ccc(F)cc1-c1nc(NSc2cccc(N3CCN(C)CC3)n2)ccc1C(F)(F)F. The minimum Gasteiger partial charge on any atom is -0.354 e. The van der Waals surface area contributed by atoms with Gasteiger partial charge in [-0.05, 0) is 55.9 Å². The molecule has 0 spiro atoms. The molecule has 1 aliphatic heterocycles. The zero-order valence-electron chi connectivity index (χ0n) is 18.2. The van der Waals surface area contributed by atoms with E-state index in [1.807, 2.05) is 18.2 Å². The molecule has 10 heteroatoms. The number of rotatable bonds is 5. The van der Waals surface area contributed by atoms with Crippen molar-refractivity contribution in [2.24, 2.45) is 0 Å². The highest BCUT2D eigenvalue weighted by Gasteiger charge is 2.35. The van der Waals surface area contributed by atoms with Crippen LogP contribution in [0.25, 0.3) is 11.3 Å². The van der Waals surface area contributed by atoms with Gasteiger partial charge < -0.3 is 14.5 Å². The summed E-state index contributed by atoms with van der Waals surface area (Å²) in [5, 5.41) is 0.664. The van der Waals surface area contributed by atoms with Gasteiger partial charge in [-0.1, -0.05) is 12.1 Å². The van der Waals surface area contributed by atoms with Crippen molar-refractivity contribution in [3.05, 3.63) is 65.5 Å². The average molecular weight is 478 g/mol. The Labute approximate surface area is 194 Å². The van der Waals surface area contributed by atoms with Gasteiger partial charge in [0.25, 0.3) is 0 Å². The average Bonchev–Trinajstić information content (AvgIpc) is 2.79. The van der Waals surface area contributed by atoms with Gasteiger partial charge in [0.15, 0.2) is 0 Å². The van der Waals surface area contributed by atoms with Gasteiger partial charge in [-0.15, -0.1) is 0 Å². The fourth-order valence-electron chi connectivity index (χ4n) is 3.58. The molecular weight excluding hydrogens is 454 g/mol. The molecule has 3 heterocycles. The molecule has 1 saturated heterocycles. The summed E-state index contributed by atoms with van der Waals surface area (Å²) in [5.41, 5.74) is -0.627. The lowest BCUT2D eigenvalue weighted by molar-refractivity contribution is -0.137. The van der Waals surface area contributed by atoms with Gasteiger partial charge in [0.1, 0.15) is 22.5 Å². The van der Waals surface area contributed by atoms with E-state index in [2.05, 4.69) is 31.5 Å². The summed E-state index contributed by atoms with van der Waals surface area (Å²) in [4.78, 5) is 13.3. The first-order valence-corrected chi connectivity index (χ1v) is 11.2. The molecule has 0 radical (unpaired) electrons. The number of hydrogen-bond acceptors (Lipinski definition) is 6. The molecule has 1 aliphatic rings. The predicted molar refractivity (Wildman–Crippen MR) is 123 cm³/mol. The fraction of sp³-hybridized carbons (Fsp3) is 0.304. The van der Waals surface area contributed by atoms with E-state index in [1.165, 1.54) is 18.2 Å². The van der Waals surface area contributed by atoms with Gasteiger partial charge in [-0.25, -0.2) is 14.4 Å². The monoisotopic (exact) mass is 477 g/mol. The van der Waals surface area contributed by atoms with Crippen LogP contribution >= 0.6 is 11.9 Å². The summed E-state index contributed by atoms with van der Waals surface area (Å²) >= 11 is 1.16. The molecule has 1 N–H and O–H groups in total. The summed E-state index contributed by atoms with van der Waals surface area (Å²) in [6.07, 6.45) is -4.62. The minimum atomic E-state index is -4.62. The Morgan fingerprint density at radius 3 is 2.45 bits per heavy atom. The number of anilines is 2. The second-order valence-corrected chi connectivity index (χ2v) is 8.70. The predicted octanol–water partition coefficient (Wildman–Crippen LogP) is 5.48. The second kappa shape index (κ2) is 9.56. The van der Waals surface area contributed by atoms with E-state index in [0.717, 1.165) is 56.1 Å². The van der Waals surface area contributed by atoms with Gasteiger partial charge in [0.2, 0.25) is 0 Å². The normalized spacial score (nSPS) is 15.0. The highest BCUT2D eigenvalue weighted by atomic mass is 32.2. The van der Waals surface area contributed by atoms with Gasteiger partial charge >= 0.3 is 6.18 Å². The number of benzene rings is 1. The molecule has 33 heavy (non-hydrogen) atoms. The van der Waals surface area contributed by atoms with Crippen LogP contribution in [-0.4, -0.2) is 48.1 Å². The zero-order valence-corrected chi connectivity index (χ0v) is 19.0. The highest BCUT2D eigenvalue weighted by Crippen LogP contribution is 2.38. The third kappa shape index (κ3) is 5.56. The van der Waals surface area contributed by atoms with Crippen LogP contribution in [0.2, 0.25) is 0 Å². The van der Waals surface area contributed by atoms with Crippen molar-refractivity contribution < 1.29 is 17.6 Å². The third-order valence-corrected chi connectivity index (χ3v) is 6.20. The van der Waals surface area contributed by atoms with Crippen molar-refractivity contribution in [2.75, 3.05) is 42.8 Å². The number of hydrogen-bond donors (Lipinski definition) is 1. The van der Waals surface area contributed by atoms with Crippen LogP contribution < -0.4 is 9.62 Å². The van der Waals surface area contributed by atoms with Crippen LogP contribution in [0.15, 0.2) is 53.6 Å². The van der Waals surface area contributed by atoms with Crippen LogP contribution in [0.5, 0.6) is 0 Å². The molecule has 0 unspecified atom stereocenters. The zero-order chi connectivity index (χ0) is 23.6. The van der Waals surface area contributed by atoms with Gasteiger partial charge in [-0.2, -0.15) is 13.2 Å². The lowest BCUT2D eigenvalue weighted by Crippen LogP contribution is -2.44. The maximum atomic E-state index is 13.8. The quantitative estimate of drug-likeness (QED) is 0.388. The molecule has 2 aromatic heterocycles. The van der Waals surface area contributed by atoms with Gasteiger partial charge in [0, 0.05) is 43.7 Å². The molecule has 0 bridgehead atoms. The smallest absolute Gasteiger partial charge is 0.354 e. The number of piperazine rings is 1. The van der Waals surface area contributed by atoms with E-state index >= 15 is 0 Å². The molecule has 1 aromatic carbocycles. The van der Waals surface area contributed by atoms with Crippen LogP contribution in [0, 0.1) is 12.7 Å². The van der Waals surface area contributed by atoms with Crippen molar-refractivity contribution >= 4 is 23.6 Å². The molecule has 4 rings (SSSR count). The van der Waals surface area contributed by atoms with Crippen LogP contribution in [0.1, 0.15) is 11.1 Å². The van der Waals surface area contributed by atoms with E-state index in [4.69, 9.17) is 0 Å². The Morgan fingerprint density at radius 1 is 0.970 bits per heavy atom. The van der Waals surface area contributed by atoms with E-state index in [-0.39, 0.29) is 17.1 Å². The first kappa shape index (κ1) is 23.3. The Hall–Kier alpha value is -2.85. The highest BCUT2D eigenvalue weighted by molar-refractivity contribution is 8.00. The molecular formula is C23H23F4N5S. The summed E-state index contributed by atoms with van der Waals surface area (Å²) in [5.74, 6) is 0.452. The Morgan fingerprint density at radius 2 is 1.73 bits per heavy atom. The Kier molecular flexibility index (Phi) is 6.76. The van der Waals surface area contributed by atoms with E-state index in [0.29, 0.717) is 10.6 Å². The molecule has 5 nitrogen and oxygen atoms in total. The first-order chi connectivity index (χ1) is 15.7. The second-order valence-electron chi connectivity index (χ2n) is 7.88. The Bertz CT molecular complexity index is 1130. The van der Waals surface area contributed by atoms with Crippen LogP contribution in [0.4, 0.5) is 29.2 Å². The lowest BCUT2D eigenvalue weighted by atomic mass is 10.0. The first-order valence-electron chi connectivity index (χ1n) is 10.4. The number of likely N-dealkylation sites (N-methyl/N-ethyl adjacent to an activating group) is 1. The molecule has 0 amide bonds. The number of nitrogens with one attached hydrogen (secondary N) is 1. The van der Waals surface area contributed by atoms with Gasteiger partial charge in [0.05, 0.1) is 11.3 Å². The maximum absolute atomic E-state index is 13.8. The number of aromatic nitrogens is 2. The van der Waals surface area contributed by atoms with Crippen molar-refractivity contribution in [2.45, 2.75) is 18.1 Å². The number of halogens is 4. The van der Waals surface area contributed by atoms with Crippen molar-refractivity contribution in [3.63, 3.8) is 0 Å². The molecule has 0 aliphatic carbocycles. The van der Waals surface area contributed by atoms with Gasteiger partial charge in [-0.3, -0.25) is 0 Å². The molecule has 3 aromatic rings. The molecule has 0 atom stereocenters. The van der Waals surface area contributed by atoms with Crippen molar-refractivity contribution in [3.8, 4) is 11.3 Å². The summed E-state index contributed by atoms with van der Waals surface area (Å²) < 4.78 is 57.6. The van der Waals surface area contributed by atoms with E-state index in [9.17, 15) is 17.6 Å². The molecule has 174 valence electrons. The number of aryl methyl sites for hydroxylation is 1. The summed E-state index contributed by atoms with van der Waals surface area (Å²) in [6.45, 7) is 5.28.